The van der Waals surface area contributed by atoms with E-state index in [9.17, 15) is 9.59 Å². The maximum atomic E-state index is 12.2. The number of nitrogens with one attached hydrogen (secondary N) is 2. The molecule has 4 nitrogen and oxygen atoms in total. The van der Waals surface area contributed by atoms with Crippen LogP contribution in [0, 0.1) is 13.8 Å². The Morgan fingerprint density at radius 1 is 0.955 bits per heavy atom. The minimum Gasteiger partial charge on any atom is -0.326 e. The van der Waals surface area contributed by atoms with E-state index >= 15 is 0 Å². The van der Waals surface area contributed by atoms with Gasteiger partial charge in [0.2, 0.25) is 11.8 Å². The van der Waals surface area contributed by atoms with Crippen molar-refractivity contribution in [1.29, 1.82) is 0 Å². The quantitative estimate of drug-likeness (QED) is 0.908. The molecule has 0 heterocycles. The Hall–Kier alpha value is -2.62. The van der Waals surface area contributed by atoms with Crippen molar-refractivity contribution in [3.63, 3.8) is 0 Å². The number of carbonyl (C=O) groups is 2. The SMILES string of the molecule is CC(=O)Nc1cccc(NC(=O)Cc2cc(C)ccc2C)c1. The van der Waals surface area contributed by atoms with Crippen LogP contribution < -0.4 is 10.6 Å². The summed E-state index contributed by atoms with van der Waals surface area (Å²) in [4.78, 5) is 23.2. The Morgan fingerprint density at radius 2 is 1.64 bits per heavy atom. The molecule has 0 radical (unpaired) electrons. The van der Waals surface area contributed by atoms with Crippen LogP contribution in [0.1, 0.15) is 23.6 Å². The van der Waals surface area contributed by atoms with E-state index in [4.69, 9.17) is 0 Å². The van der Waals surface area contributed by atoms with Crippen LogP contribution in [0.5, 0.6) is 0 Å². The van der Waals surface area contributed by atoms with Crippen LogP contribution in [0.4, 0.5) is 11.4 Å². The molecule has 0 bridgehead atoms. The van der Waals surface area contributed by atoms with E-state index in [0.717, 1.165) is 16.7 Å². The Labute approximate surface area is 130 Å². The van der Waals surface area contributed by atoms with E-state index in [1.54, 1.807) is 24.3 Å². The second-order valence-corrected chi connectivity index (χ2v) is 5.42. The van der Waals surface area contributed by atoms with Gasteiger partial charge in [-0.3, -0.25) is 9.59 Å². The summed E-state index contributed by atoms with van der Waals surface area (Å²) in [5, 5.41) is 5.55. The molecule has 0 saturated carbocycles. The fraction of sp³-hybridized carbons (Fsp3) is 0.222. The molecule has 0 saturated heterocycles. The maximum Gasteiger partial charge on any atom is 0.228 e. The van der Waals surface area contributed by atoms with Gasteiger partial charge in [-0.1, -0.05) is 29.8 Å². The van der Waals surface area contributed by atoms with E-state index in [-0.39, 0.29) is 11.8 Å². The van der Waals surface area contributed by atoms with Crippen LogP contribution >= 0.6 is 0 Å². The normalized spacial score (nSPS) is 10.1. The molecule has 0 spiro atoms. The number of aryl methyl sites for hydroxylation is 2. The second-order valence-electron chi connectivity index (χ2n) is 5.42. The lowest BCUT2D eigenvalue weighted by Crippen LogP contribution is -2.15. The minimum absolute atomic E-state index is 0.0753. The lowest BCUT2D eigenvalue weighted by molar-refractivity contribution is -0.116. The lowest BCUT2D eigenvalue weighted by atomic mass is 10.0. The smallest absolute Gasteiger partial charge is 0.228 e. The predicted octanol–water partition coefficient (Wildman–Crippen LogP) is 3.44. The number of carbonyl (C=O) groups excluding carboxylic acids is 2. The third-order valence-corrected chi connectivity index (χ3v) is 3.32. The molecule has 0 fully saturated rings. The Balaban J connectivity index is 2.05. The molecule has 114 valence electrons. The molecule has 0 aromatic heterocycles. The minimum atomic E-state index is -0.140. The van der Waals surface area contributed by atoms with Crippen molar-refractivity contribution in [3.8, 4) is 0 Å². The number of benzene rings is 2. The van der Waals surface area contributed by atoms with Crippen molar-refractivity contribution < 1.29 is 9.59 Å². The summed E-state index contributed by atoms with van der Waals surface area (Å²) < 4.78 is 0. The van der Waals surface area contributed by atoms with Crippen LogP contribution in [0.2, 0.25) is 0 Å². The summed E-state index contributed by atoms with van der Waals surface area (Å²) in [7, 11) is 0. The van der Waals surface area contributed by atoms with E-state index < -0.39 is 0 Å². The maximum absolute atomic E-state index is 12.2. The van der Waals surface area contributed by atoms with Crippen molar-refractivity contribution >= 4 is 23.2 Å². The van der Waals surface area contributed by atoms with Crippen molar-refractivity contribution in [1.82, 2.24) is 0 Å². The third-order valence-electron chi connectivity index (χ3n) is 3.32. The van der Waals surface area contributed by atoms with Gasteiger partial charge in [0, 0.05) is 18.3 Å². The average Bonchev–Trinajstić information content (AvgIpc) is 2.42. The number of hydrogen-bond donors (Lipinski definition) is 2. The highest BCUT2D eigenvalue weighted by atomic mass is 16.2. The molecule has 2 rings (SSSR count). The summed E-state index contributed by atoms with van der Waals surface area (Å²) in [6, 6.07) is 13.2. The van der Waals surface area contributed by atoms with Gasteiger partial charge in [0.25, 0.3) is 0 Å². The van der Waals surface area contributed by atoms with E-state index in [1.165, 1.54) is 6.92 Å². The van der Waals surface area contributed by atoms with Crippen molar-refractivity contribution in [2.24, 2.45) is 0 Å². The fourth-order valence-corrected chi connectivity index (χ4v) is 2.25. The topological polar surface area (TPSA) is 58.2 Å². The van der Waals surface area contributed by atoms with Gasteiger partial charge in [0.1, 0.15) is 0 Å². The molecule has 0 atom stereocenters. The molecule has 0 unspecified atom stereocenters. The number of amides is 2. The summed E-state index contributed by atoms with van der Waals surface area (Å²) >= 11 is 0. The Morgan fingerprint density at radius 3 is 2.32 bits per heavy atom. The molecule has 0 aliphatic carbocycles. The zero-order valence-corrected chi connectivity index (χ0v) is 13.1. The second kappa shape index (κ2) is 6.89. The molecule has 0 aliphatic rings. The average molecular weight is 296 g/mol. The summed E-state index contributed by atoms with van der Waals surface area (Å²) in [6.45, 7) is 5.46. The molecule has 2 amide bonds. The third kappa shape index (κ3) is 4.45. The van der Waals surface area contributed by atoms with Gasteiger partial charge in [-0.2, -0.15) is 0 Å². The molecule has 0 aliphatic heterocycles. The first-order valence-electron chi connectivity index (χ1n) is 7.17. The predicted molar refractivity (Wildman–Crippen MR) is 89.0 cm³/mol. The van der Waals surface area contributed by atoms with Crippen LogP contribution in [0.15, 0.2) is 42.5 Å². The van der Waals surface area contributed by atoms with Gasteiger partial charge < -0.3 is 10.6 Å². The fourth-order valence-electron chi connectivity index (χ4n) is 2.25. The first-order chi connectivity index (χ1) is 10.4. The van der Waals surface area contributed by atoms with Gasteiger partial charge >= 0.3 is 0 Å². The number of rotatable bonds is 4. The molecule has 2 aromatic carbocycles. The monoisotopic (exact) mass is 296 g/mol. The molecule has 22 heavy (non-hydrogen) atoms. The lowest BCUT2D eigenvalue weighted by Gasteiger charge is -2.10. The molecular weight excluding hydrogens is 276 g/mol. The number of anilines is 2. The highest BCUT2D eigenvalue weighted by Gasteiger charge is 2.07. The Bertz CT molecular complexity index is 708. The van der Waals surface area contributed by atoms with Gasteiger partial charge in [-0.25, -0.2) is 0 Å². The van der Waals surface area contributed by atoms with Gasteiger partial charge in [0.15, 0.2) is 0 Å². The highest BCUT2D eigenvalue weighted by Crippen LogP contribution is 2.16. The van der Waals surface area contributed by atoms with Crippen LogP contribution in [0.3, 0.4) is 0 Å². The van der Waals surface area contributed by atoms with Crippen molar-refractivity contribution in [2.45, 2.75) is 27.2 Å². The summed E-state index contributed by atoms with van der Waals surface area (Å²) in [6.07, 6.45) is 0.331. The van der Waals surface area contributed by atoms with Crippen LogP contribution in [-0.2, 0) is 16.0 Å². The zero-order valence-electron chi connectivity index (χ0n) is 13.1. The number of hydrogen-bond acceptors (Lipinski definition) is 2. The molecule has 2 N–H and O–H groups in total. The van der Waals surface area contributed by atoms with Gasteiger partial charge in [0.05, 0.1) is 6.42 Å². The van der Waals surface area contributed by atoms with E-state index in [2.05, 4.69) is 10.6 Å². The molecule has 4 heteroatoms. The molecular formula is C18H20N2O2. The summed E-state index contributed by atoms with van der Waals surface area (Å²) in [5.74, 6) is -0.215. The Kier molecular flexibility index (Phi) is 4.94. The van der Waals surface area contributed by atoms with E-state index in [1.807, 2.05) is 32.0 Å². The van der Waals surface area contributed by atoms with Crippen LogP contribution in [-0.4, -0.2) is 11.8 Å². The van der Waals surface area contributed by atoms with E-state index in [0.29, 0.717) is 17.8 Å². The summed E-state index contributed by atoms with van der Waals surface area (Å²) in [5.41, 5.74) is 4.60. The first-order valence-corrected chi connectivity index (χ1v) is 7.17. The van der Waals surface area contributed by atoms with Gasteiger partial charge in [-0.15, -0.1) is 0 Å². The van der Waals surface area contributed by atoms with Crippen molar-refractivity contribution in [3.05, 3.63) is 59.2 Å². The standard InChI is InChI=1S/C18H20N2O2/c1-12-7-8-13(2)15(9-12)10-18(22)20-17-6-4-5-16(11-17)19-14(3)21/h4-9,11H,10H2,1-3H3,(H,19,21)(H,20,22). The zero-order chi connectivity index (χ0) is 16.1. The largest absolute Gasteiger partial charge is 0.326 e. The highest BCUT2D eigenvalue weighted by molar-refractivity contribution is 5.94. The van der Waals surface area contributed by atoms with Crippen molar-refractivity contribution in [2.75, 3.05) is 10.6 Å². The van der Waals surface area contributed by atoms with Gasteiger partial charge in [-0.05, 0) is 43.2 Å². The van der Waals surface area contributed by atoms with Crippen LogP contribution in [0.25, 0.3) is 0 Å². The first kappa shape index (κ1) is 15.8. The molecule has 2 aromatic rings.